The SMILES string of the molecule is Cc1cc(NC(=O)[C@H](C)N2CCN(c3ccccc3Cl)CC2)on1. The van der Waals surface area contributed by atoms with Gasteiger partial charge in [-0.1, -0.05) is 28.9 Å². The van der Waals surface area contributed by atoms with Gasteiger partial charge in [-0.25, -0.2) is 0 Å². The van der Waals surface area contributed by atoms with Crippen molar-refractivity contribution in [2.75, 3.05) is 36.4 Å². The van der Waals surface area contributed by atoms with Crippen LogP contribution in [-0.2, 0) is 4.79 Å². The van der Waals surface area contributed by atoms with Crippen LogP contribution < -0.4 is 10.2 Å². The minimum absolute atomic E-state index is 0.0858. The quantitative estimate of drug-likeness (QED) is 0.920. The molecule has 1 aliphatic rings. The maximum atomic E-state index is 12.4. The number of hydrogen-bond donors (Lipinski definition) is 1. The van der Waals surface area contributed by atoms with Crippen molar-refractivity contribution in [2.24, 2.45) is 0 Å². The highest BCUT2D eigenvalue weighted by atomic mass is 35.5. The summed E-state index contributed by atoms with van der Waals surface area (Å²) in [5, 5.41) is 7.30. The summed E-state index contributed by atoms with van der Waals surface area (Å²) in [4.78, 5) is 16.8. The number of benzene rings is 1. The summed E-state index contributed by atoms with van der Waals surface area (Å²) in [7, 11) is 0. The first kappa shape index (κ1) is 16.8. The van der Waals surface area contributed by atoms with Crippen LogP contribution >= 0.6 is 11.6 Å². The summed E-state index contributed by atoms with van der Waals surface area (Å²) >= 11 is 6.26. The van der Waals surface area contributed by atoms with Gasteiger partial charge >= 0.3 is 0 Å². The largest absolute Gasteiger partial charge is 0.368 e. The van der Waals surface area contributed by atoms with Gasteiger partial charge in [0.1, 0.15) is 0 Å². The molecular weight excluding hydrogens is 328 g/mol. The van der Waals surface area contributed by atoms with E-state index in [1.54, 1.807) is 6.07 Å². The average Bonchev–Trinajstić information content (AvgIpc) is 2.99. The average molecular weight is 349 g/mol. The van der Waals surface area contributed by atoms with E-state index in [2.05, 4.69) is 20.3 Å². The molecule has 0 aliphatic carbocycles. The zero-order valence-corrected chi connectivity index (χ0v) is 14.6. The van der Waals surface area contributed by atoms with E-state index in [0.717, 1.165) is 42.6 Å². The molecule has 0 bridgehead atoms. The first-order chi connectivity index (χ1) is 11.5. The first-order valence-corrected chi connectivity index (χ1v) is 8.40. The Morgan fingerprint density at radius 3 is 2.62 bits per heavy atom. The van der Waals surface area contributed by atoms with E-state index in [0.29, 0.717) is 5.88 Å². The van der Waals surface area contributed by atoms with Crippen LogP contribution in [0.3, 0.4) is 0 Å². The van der Waals surface area contributed by atoms with Crippen LogP contribution in [0.2, 0.25) is 5.02 Å². The Bertz CT molecular complexity index is 710. The lowest BCUT2D eigenvalue weighted by atomic mass is 10.2. The van der Waals surface area contributed by atoms with E-state index in [1.807, 2.05) is 38.1 Å². The zero-order chi connectivity index (χ0) is 17.1. The van der Waals surface area contributed by atoms with Crippen molar-refractivity contribution < 1.29 is 9.32 Å². The highest BCUT2D eigenvalue weighted by Crippen LogP contribution is 2.26. The van der Waals surface area contributed by atoms with E-state index < -0.39 is 0 Å². The Labute approximate surface area is 146 Å². The number of nitrogens with one attached hydrogen (secondary N) is 1. The van der Waals surface area contributed by atoms with Gasteiger partial charge in [-0.15, -0.1) is 0 Å². The van der Waals surface area contributed by atoms with E-state index in [9.17, 15) is 4.79 Å². The third kappa shape index (κ3) is 3.71. The Morgan fingerprint density at radius 2 is 2.00 bits per heavy atom. The number of hydrogen-bond acceptors (Lipinski definition) is 5. The van der Waals surface area contributed by atoms with Gasteiger partial charge in [0.25, 0.3) is 0 Å². The van der Waals surface area contributed by atoms with E-state index in [4.69, 9.17) is 16.1 Å². The predicted molar refractivity (Wildman–Crippen MR) is 94.6 cm³/mol. The molecular formula is C17H21ClN4O2. The molecule has 24 heavy (non-hydrogen) atoms. The lowest BCUT2D eigenvalue weighted by molar-refractivity contribution is -0.121. The van der Waals surface area contributed by atoms with Gasteiger partial charge in [-0.05, 0) is 26.0 Å². The van der Waals surface area contributed by atoms with Crippen LogP contribution in [0.25, 0.3) is 0 Å². The minimum atomic E-state index is -0.233. The highest BCUT2D eigenvalue weighted by molar-refractivity contribution is 6.33. The number of para-hydroxylation sites is 1. The topological polar surface area (TPSA) is 61.6 Å². The molecule has 1 fully saturated rings. The molecule has 6 nitrogen and oxygen atoms in total. The number of piperazine rings is 1. The standard InChI is InChI=1S/C17H21ClN4O2/c1-12-11-16(24-20-12)19-17(23)13(2)21-7-9-22(10-8-21)15-6-4-3-5-14(15)18/h3-6,11,13H,7-10H2,1-2H3,(H,19,23)/t13-/m0/s1. The monoisotopic (exact) mass is 348 g/mol. The summed E-state index contributed by atoms with van der Waals surface area (Å²) in [6.07, 6.45) is 0. The van der Waals surface area contributed by atoms with Crippen molar-refractivity contribution in [1.82, 2.24) is 10.1 Å². The van der Waals surface area contributed by atoms with Crippen LogP contribution in [-0.4, -0.2) is 48.2 Å². The van der Waals surface area contributed by atoms with Gasteiger partial charge < -0.3 is 9.42 Å². The van der Waals surface area contributed by atoms with Gasteiger partial charge in [-0.3, -0.25) is 15.0 Å². The fourth-order valence-electron chi connectivity index (χ4n) is 2.87. The van der Waals surface area contributed by atoms with Gasteiger partial charge in [0, 0.05) is 32.2 Å². The normalized spacial score (nSPS) is 16.9. The number of nitrogens with zero attached hydrogens (tertiary/aromatic N) is 3. The number of halogens is 1. The van der Waals surface area contributed by atoms with E-state index in [1.165, 1.54) is 0 Å². The van der Waals surface area contributed by atoms with Crippen molar-refractivity contribution in [1.29, 1.82) is 0 Å². The minimum Gasteiger partial charge on any atom is -0.368 e. The molecule has 1 aromatic carbocycles. The van der Waals surface area contributed by atoms with Crippen molar-refractivity contribution in [3.05, 3.63) is 41.0 Å². The molecule has 0 spiro atoms. The molecule has 0 unspecified atom stereocenters. The second-order valence-corrected chi connectivity index (χ2v) is 6.38. The molecule has 1 atom stereocenters. The molecule has 2 heterocycles. The third-order valence-corrected chi connectivity index (χ3v) is 4.63. The molecule has 1 N–H and O–H groups in total. The summed E-state index contributed by atoms with van der Waals surface area (Å²) < 4.78 is 5.04. The number of aryl methyl sites for hydroxylation is 1. The second kappa shape index (κ2) is 7.23. The molecule has 7 heteroatoms. The summed E-state index contributed by atoms with van der Waals surface area (Å²) in [5.74, 6) is 0.302. The van der Waals surface area contributed by atoms with Crippen LogP contribution in [0.4, 0.5) is 11.6 Å². The Balaban J connectivity index is 1.56. The van der Waals surface area contributed by atoms with Gasteiger partial charge in [0.05, 0.1) is 22.4 Å². The maximum Gasteiger partial charge on any atom is 0.243 e. The first-order valence-electron chi connectivity index (χ1n) is 8.02. The number of carbonyl (C=O) groups excluding carboxylic acids is 1. The smallest absolute Gasteiger partial charge is 0.243 e. The van der Waals surface area contributed by atoms with Crippen LogP contribution in [0.5, 0.6) is 0 Å². The van der Waals surface area contributed by atoms with Crippen LogP contribution in [0, 0.1) is 6.92 Å². The van der Waals surface area contributed by atoms with E-state index >= 15 is 0 Å². The highest BCUT2D eigenvalue weighted by Gasteiger charge is 2.26. The molecule has 1 amide bonds. The summed E-state index contributed by atoms with van der Waals surface area (Å²) in [5.41, 5.74) is 1.79. The van der Waals surface area contributed by atoms with Gasteiger partial charge in [0.2, 0.25) is 11.8 Å². The number of aromatic nitrogens is 1. The maximum absolute atomic E-state index is 12.4. The molecule has 128 valence electrons. The third-order valence-electron chi connectivity index (χ3n) is 4.31. The lowest BCUT2D eigenvalue weighted by Crippen LogP contribution is -2.52. The predicted octanol–water partition coefficient (Wildman–Crippen LogP) is 2.79. The van der Waals surface area contributed by atoms with Crippen molar-refractivity contribution in [3.8, 4) is 0 Å². The van der Waals surface area contributed by atoms with Gasteiger partial charge in [0.15, 0.2) is 0 Å². The fourth-order valence-corrected chi connectivity index (χ4v) is 3.13. The lowest BCUT2D eigenvalue weighted by Gasteiger charge is -2.38. The Kier molecular flexibility index (Phi) is 5.06. The zero-order valence-electron chi connectivity index (χ0n) is 13.8. The number of amides is 1. The molecule has 1 aromatic heterocycles. The molecule has 1 saturated heterocycles. The Morgan fingerprint density at radius 1 is 1.29 bits per heavy atom. The van der Waals surface area contributed by atoms with Crippen molar-refractivity contribution in [3.63, 3.8) is 0 Å². The Hall–Kier alpha value is -2.05. The number of anilines is 2. The number of rotatable bonds is 4. The fraction of sp³-hybridized carbons (Fsp3) is 0.412. The summed E-state index contributed by atoms with van der Waals surface area (Å²) in [6, 6.07) is 9.32. The molecule has 0 radical (unpaired) electrons. The molecule has 1 aliphatic heterocycles. The van der Waals surface area contributed by atoms with Gasteiger partial charge in [-0.2, -0.15) is 0 Å². The molecule has 3 rings (SSSR count). The van der Waals surface area contributed by atoms with Crippen LogP contribution in [0.15, 0.2) is 34.9 Å². The summed E-state index contributed by atoms with van der Waals surface area (Å²) in [6.45, 7) is 7.00. The molecule has 0 saturated carbocycles. The van der Waals surface area contributed by atoms with Crippen molar-refractivity contribution in [2.45, 2.75) is 19.9 Å². The van der Waals surface area contributed by atoms with Crippen molar-refractivity contribution >= 4 is 29.1 Å². The second-order valence-electron chi connectivity index (χ2n) is 5.97. The molecule has 2 aromatic rings. The van der Waals surface area contributed by atoms with E-state index in [-0.39, 0.29) is 11.9 Å². The van der Waals surface area contributed by atoms with Crippen LogP contribution in [0.1, 0.15) is 12.6 Å². The number of carbonyl (C=O) groups is 1.